The van der Waals surface area contributed by atoms with Crippen molar-refractivity contribution in [1.82, 2.24) is 0 Å². The second-order valence-corrected chi connectivity index (χ2v) is 31.7. The maximum atomic E-state index is 12.9. The molecule has 0 saturated heterocycles. The Balaban J connectivity index is 3.87. The van der Waals surface area contributed by atoms with Crippen molar-refractivity contribution in [3.8, 4) is 0 Å². The van der Waals surface area contributed by atoms with E-state index in [1.54, 1.807) is 0 Å². The summed E-state index contributed by atoms with van der Waals surface area (Å²) in [6.45, 7) is 4.51. The summed E-state index contributed by atoms with van der Waals surface area (Å²) < 4.78 is 34.9. The number of carbonyl (C=O) groups is 2. The average Bonchev–Trinajstić information content (AvgIpc) is 1.80. The Morgan fingerprint density at radius 1 is 0.326 bits per heavy atom. The third-order valence-electron chi connectivity index (χ3n) is 19.4. The minimum atomic E-state index is -4.39. The average molecular weight is 1360 g/mol. The standard InChI is InChI=1S/C85H164NO8P/c1-6-8-10-12-14-16-18-20-22-24-26-28-30-32-34-36-38-40-41-42-43-44-46-47-49-51-53-55-57-59-61-63-65-67-69-71-73-75-77-84(87)91-81-83(82-93-95(89,90)92-80-79-86(3,4)5)94-85(88)78-76-74-72-70-68-66-64-62-60-58-56-54-52-50-48-45-39-37-35-33-31-29-27-25-23-21-19-17-15-13-11-9-7-2/h19,21,25,27,31,33,83H,6-18,20,22-24,26,28-30,32,34-82H2,1-5H3/p+1/b21-19-,27-25-,33-31-. The highest BCUT2D eigenvalue weighted by Gasteiger charge is 2.27. The van der Waals surface area contributed by atoms with Crippen LogP contribution in [-0.4, -0.2) is 74.9 Å². The molecule has 0 saturated carbocycles. The van der Waals surface area contributed by atoms with Crippen molar-refractivity contribution < 1.29 is 42.1 Å². The second-order valence-electron chi connectivity index (χ2n) is 30.2. The van der Waals surface area contributed by atoms with Crippen LogP contribution in [0, 0.1) is 0 Å². The first-order valence-electron chi connectivity index (χ1n) is 42.2. The number of hydrogen-bond acceptors (Lipinski definition) is 7. The van der Waals surface area contributed by atoms with Crippen LogP contribution in [0.25, 0.3) is 0 Å². The van der Waals surface area contributed by atoms with Crippen LogP contribution in [0.5, 0.6) is 0 Å². The maximum absolute atomic E-state index is 12.9. The number of unbranched alkanes of at least 4 members (excludes halogenated alkanes) is 60. The molecule has 0 heterocycles. The maximum Gasteiger partial charge on any atom is 0.472 e. The van der Waals surface area contributed by atoms with E-state index in [9.17, 15) is 19.0 Å². The Kier molecular flexibility index (Phi) is 75.0. The van der Waals surface area contributed by atoms with Crippen LogP contribution < -0.4 is 0 Å². The number of hydrogen-bond donors (Lipinski definition) is 1. The smallest absolute Gasteiger partial charge is 0.462 e. The predicted molar refractivity (Wildman–Crippen MR) is 414 cm³/mol. The number of allylic oxidation sites excluding steroid dienone is 6. The van der Waals surface area contributed by atoms with Crippen molar-refractivity contribution in [2.24, 2.45) is 0 Å². The fourth-order valence-electron chi connectivity index (χ4n) is 13.0. The fraction of sp³-hybridized carbons (Fsp3) is 0.906. The molecule has 0 spiro atoms. The predicted octanol–water partition coefficient (Wildman–Crippen LogP) is 28.1. The van der Waals surface area contributed by atoms with Gasteiger partial charge in [0.2, 0.25) is 0 Å². The van der Waals surface area contributed by atoms with Gasteiger partial charge in [0.25, 0.3) is 0 Å². The summed E-state index contributed by atoms with van der Waals surface area (Å²) in [7, 11) is 1.50. The minimum absolute atomic E-state index is 0.0350. The van der Waals surface area contributed by atoms with Gasteiger partial charge in [0.1, 0.15) is 19.8 Å². The first kappa shape index (κ1) is 93.2. The van der Waals surface area contributed by atoms with Crippen molar-refractivity contribution in [3.63, 3.8) is 0 Å². The van der Waals surface area contributed by atoms with Crippen molar-refractivity contribution >= 4 is 19.8 Å². The molecule has 0 radical (unpaired) electrons. The molecule has 9 nitrogen and oxygen atoms in total. The zero-order valence-electron chi connectivity index (χ0n) is 64.4. The number of nitrogens with zero attached hydrogens (tertiary/aromatic N) is 1. The summed E-state index contributed by atoms with van der Waals surface area (Å²) in [5, 5.41) is 0. The molecule has 0 aromatic carbocycles. The molecule has 0 fully saturated rings. The molecule has 2 unspecified atom stereocenters. The number of rotatable bonds is 80. The summed E-state index contributed by atoms with van der Waals surface area (Å²) in [6.07, 6.45) is 100. The number of likely N-dealkylation sites (N-methyl/N-ethyl adjacent to an activating group) is 1. The zero-order valence-corrected chi connectivity index (χ0v) is 65.3. The molecule has 0 aromatic heterocycles. The SMILES string of the molecule is CCCCCCC/C=C\C/C=C\C/C=C\CCCCCCCCCCCCCCCCCCCCC(=O)OC(COC(=O)CCCCCCCCCCCCCCCCCCCCCCCCCCCCCCCCCCCCCCCC)COP(=O)(O)OCC[N+](C)(C)C. The van der Waals surface area contributed by atoms with Crippen molar-refractivity contribution in [2.75, 3.05) is 47.5 Å². The number of esters is 2. The van der Waals surface area contributed by atoms with Gasteiger partial charge in [0.15, 0.2) is 6.10 Å². The quantitative estimate of drug-likeness (QED) is 0.0211. The van der Waals surface area contributed by atoms with E-state index in [0.29, 0.717) is 23.9 Å². The fourth-order valence-corrected chi connectivity index (χ4v) is 13.7. The molecule has 0 aromatic rings. The van der Waals surface area contributed by atoms with E-state index in [1.165, 1.54) is 366 Å². The highest BCUT2D eigenvalue weighted by molar-refractivity contribution is 7.47. The summed E-state index contributed by atoms with van der Waals surface area (Å²) in [4.78, 5) is 36.0. The van der Waals surface area contributed by atoms with E-state index in [2.05, 4.69) is 50.3 Å². The third kappa shape index (κ3) is 81.1. The molecular formula is C85H165NO8P+. The van der Waals surface area contributed by atoms with Gasteiger partial charge in [-0.1, -0.05) is 416 Å². The van der Waals surface area contributed by atoms with E-state index >= 15 is 0 Å². The van der Waals surface area contributed by atoms with Crippen LogP contribution in [0.1, 0.15) is 444 Å². The normalized spacial score (nSPS) is 13.1. The topological polar surface area (TPSA) is 108 Å². The summed E-state index contributed by atoms with van der Waals surface area (Å²) in [5.41, 5.74) is 0. The lowest BCUT2D eigenvalue weighted by Crippen LogP contribution is -2.37. The Hall–Kier alpha value is -1.77. The van der Waals surface area contributed by atoms with Crippen molar-refractivity contribution in [3.05, 3.63) is 36.5 Å². The van der Waals surface area contributed by atoms with Crippen LogP contribution in [0.3, 0.4) is 0 Å². The number of ether oxygens (including phenoxy) is 2. The van der Waals surface area contributed by atoms with E-state index in [1.807, 2.05) is 21.1 Å². The molecule has 0 aliphatic carbocycles. The van der Waals surface area contributed by atoms with Crippen LogP contribution in [0.2, 0.25) is 0 Å². The Morgan fingerprint density at radius 3 is 0.842 bits per heavy atom. The van der Waals surface area contributed by atoms with Crippen LogP contribution in [0.4, 0.5) is 0 Å². The van der Waals surface area contributed by atoms with E-state index in [4.69, 9.17) is 18.5 Å². The van der Waals surface area contributed by atoms with Crippen LogP contribution in [-0.2, 0) is 32.7 Å². The van der Waals surface area contributed by atoms with Crippen LogP contribution >= 0.6 is 7.82 Å². The van der Waals surface area contributed by atoms with Gasteiger partial charge < -0.3 is 18.9 Å². The van der Waals surface area contributed by atoms with E-state index in [0.717, 1.165) is 44.9 Å². The highest BCUT2D eigenvalue weighted by atomic mass is 31.2. The lowest BCUT2D eigenvalue weighted by molar-refractivity contribution is -0.870. The number of quaternary nitrogens is 1. The van der Waals surface area contributed by atoms with Gasteiger partial charge >= 0.3 is 19.8 Å². The van der Waals surface area contributed by atoms with E-state index < -0.39 is 26.5 Å². The van der Waals surface area contributed by atoms with Gasteiger partial charge in [-0.2, -0.15) is 0 Å². The largest absolute Gasteiger partial charge is 0.472 e. The van der Waals surface area contributed by atoms with Gasteiger partial charge in [-0.3, -0.25) is 18.6 Å². The molecule has 0 amide bonds. The Bertz CT molecular complexity index is 1690. The first-order chi connectivity index (χ1) is 46.5. The Labute approximate surface area is 592 Å². The number of phosphoric ester groups is 1. The first-order valence-corrected chi connectivity index (χ1v) is 43.7. The summed E-state index contributed by atoms with van der Waals surface area (Å²) >= 11 is 0. The lowest BCUT2D eigenvalue weighted by Gasteiger charge is -2.24. The van der Waals surface area contributed by atoms with E-state index in [-0.39, 0.29) is 25.6 Å². The monoisotopic (exact) mass is 1360 g/mol. The van der Waals surface area contributed by atoms with Crippen molar-refractivity contribution in [1.29, 1.82) is 0 Å². The molecule has 0 aliphatic heterocycles. The molecular weight excluding hydrogens is 1190 g/mol. The minimum Gasteiger partial charge on any atom is -0.462 e. The van der Waals surface area contributed by atoms with Gasteiger partial charge in [-0.05, 0) is 51.4 Å². The molecule has 0 bridgehead atoms. The van der Waals surface area contributed by atoms with Gasteiger partial charge in [-0.15, -0.1) is 0 Å². The molecule has 95 heavy (non-hydrogen) atoms. The lowest BCUT2D eigenvalue weighted by atomic mass is 10.0. The Morgan fingerprint density at radius 2 is 0.568 bits per heavy atom. The highest BCUT2D eigenvalue weighted by Crippen LogP contribution is 2.43. The third-order valence-corrected chi connectivity index (χ3v) is 20.4. The molecule has 1 N–H and O–H groups in total. The number of phosphoric acid groups is 1. The molecule has 562 valence electrons. The molecule has 10 heteroatoms. The second kappa shape index (κ2) is 76.4. The molecule has 2 atom stereocenters. The van der Waals surface area contributed by atoms with Gasteiger partial charge in [0, 0.05) is 12.8 Å². The summed E-state index contributed by atoms with van der Waals surface area (Å²) in [6, 6.07) is 0. The zero-order chi connectivity index (χ0) is 69.0. The van der Waals surface area contributed by atoms with Crippen LogP contribution in [0.15, 0.2) is 36.5 Å². The summed E-state index contributed by atoms with van der Waals surface area (Å²) in [5.74, 6) is -0.771. The van der Waals surface area contributed by atoms with Crippen molar-refractivity contribution in [2.45, 2.75) is 450 Å². The van der Waals surface area contributed by atoms with Gasteiger partial charge in [-0.25, -0.2) is 4.57 Å². The number of carbonyl (C=O) groups excluding carboxylic acids is 2. The molecule has 0 aliphatic rings. The van der Waals surface area contributed by atoms with Gasteiger partial charge in [0.05, 0.1) is 27.7 Å². The molecule has 0 rings (SSSR count).